The van der Waals surface area contributed by atoms with Crippen LogP contribution < -0.4 is 10.0 Å². The molecular formula is C12H27N3O2S. The average molecular weight is 277 g/mol. The number of hydrogen-bond acceptors (Lipinski definition) is 4. The molecule has 0 aromatic rings. The molecule has 0 saturated carbocycles. The molecule has 1 saturated heterocycles. The first kappa shape index (κ1) is 15.9. The summed E-state index contributed by atoms with van der Waals surface area (Å²) in [5.41, 5.74) is 0. The zero-order chi connectivity index (χ0) is 13.6. The van der Waals surface area contributed by atoms with E-state index in [1.54, 1.807) is 6.92 Å². The highest BCUT2D eigenvalue weighted by Gasteiger charge is 2.26. The first-order chi connectivity index (χ1) is 8.45. The molecule has 0 aliphatic carbocycles. The number of sulfonamides is 1. The van der Waals surface area contributed by atoms with Crippen molar-refractivity contribution >= 4 is 10.0 Å². The molecule has 2 N–H and O–H groups in total. The van der Waals surface area contributed by atoms with Gasteiger partial charge in [-0.05, 0) is 52.9 Å². The maximum absolute atomic E-state index is 12.1. The Morgan fingerprint density at radius 2 is 1.94 bits per heavy atom. The maximum Gasteiger partial charge on any atom is 0.215 e. The van der Waals surface area contributed by atoms with Crippen molar-refractivity contribution in [2.75, 3.05) is 33.2 Å². The molecule has 1 rings (SSSR count). The van der Waals surface area contributed by atoms with Crippen LogP contribution in [0.3, 0.4) is 0 Å². The van der Waals surface area contributed by atoms with Gasteiger partial charge in [0.05, 0.1) is 5.25 Å². The van der Waals surface area contributed by atoms with E-state index in [1.165, 1.54) is 0 Å². The third-order valence-corrected chi connectivity index (χ3v) is 5.33. The van der Waals surface area contributed by atoms with Crippen molar-refractivity contribution in [1.82, 2.24) is 14.9 Å². The zero-order valence-corrected chi connectivity index (χ0v) is 12.6. The van der Waals surface area contributed by atoms with Crippen molar-refractivity contribution in [3.8, 4) is 0 Å². The third kappa shape index (κ3) is 5.22. The lowest BCUT2D eigenvalue weighted by Gasteiger charge is -2.30. The summed E-state index contributed by atoms with van der Waals surface area (Å²) in [6.45, 7) is 7.16. The molecule has 1 fully saturated rings. The molecule has 0 bridgehead atoms. The molecule has 1 heterocycles. The second-order valence-corrected chi connectivity index (χ2v) is 7.39. The Morgan fingerprint density at radius 1 is 1.33 bits per heavy atom. The fourth-order valence-corrected chi connectivity index (χ4v) is 3.34. The van der Waals surface area contributed by atoms with Gasteiger partial charge in [0, 0.05) is 12.6 Å². The summed E-state index contributed by atoms with van der Waals surface area (Å²) in [4.78, 5) is 2.23. The Balaban J connectivity index is 2.38. The van der Waals surface area contributed by atoms with Crippen molar-refractivity contribution < 1.29 is 8.42 Å². The van der Waals surface area contributed by atoms with Crippen LogP contribution >= 0.6 is 0 Å². The van der Waals surface area contributed by atoms with Crippen LogP contribution in [0.25, 0.3) is 0 Å². The van der Waals surface area contributed by atoms with Gasteiger partial charge in [0.1, 0.15) is 0 Å². The van der Waals surface area contributed by atoms with E-state index < -0.39 is 10.0 Å². The Labute approximate surface area is 111 Å². The standard InChI is InChI=1S/C12H27N3O2S/c1-4-7-13-10-11(2)18(16,17)14-12-5-8-15(3)9-6-12/h11-14H,4-10H2,1-3H3. The molecule has 6 heteroatoms. The van der Waals surface area contributed by atoms with Gasteiger partial charge in [-0.1, -0.05) is 6.92 Å². The first-order valence-electron chi connectivity index (χ1n) is 6.86. The number of likely N-dealkylation sites (tertiary alicyclic amines) is 1. The van der Waals surface area contributed by atoms with Gasteiger partial charge in [-0.25, -0.2) is 13.1 Å². The molecular weight excluding hydrogens is 250 g/mol. The van der Waals surface area contributed by atoms with Gasteiger partial charge in [-0.15, -0.1) is 0 Å². The Hall–Kier alpha value is -0.170. The van der Waals surface area contributed by atoms with Gasteiger partial charge in [0.25, 0.3) is 0 Å². The Bertz CT molecular complexity index is 324. The van der Waals surface area contributed by atoms with Gasteiger partial charge in [-0.3, -0.25) is 0 Å². The number of rotatable bonds is 7. The molecule has 18 heavy (non-hydrogen) atoms. The van der Waals surface area contributed by atoms with Gasteiger partial charge >= 0.3 is 0 Å². The summed E-state index contributed by atoms with van der Waals surface area (Å²) in [6, 6.07) is 0.111. The van der Waals surface area contributed by atoms with Crippen LogP contribution in [-0.4, -0.2) is 57.8 Å². The summed E-state index contributed by atoms with van der Waals surface area (Å²) in [5, 5.41) is 2.79. The van der Waals surface area contributed by atoms with Crippen LogP contribution in [0.2, 0.25) is 0 Å². The van der Waals surface area contributed by atoms with Crippen molar-refractivity contribution in [2.45, 2.75) is 44.4 Å². The molecule has 0 aromatic heterocycles. The van der Waals surface area contributed by atoms with Crippen LogP contribution in [0, 0.1) is 0 Å². The van der Waals surface area contributed by atoms with Crippen LogP contribution in [-0.2, 0) is 10.0 Å². The Kier molecular flexibility index (Phi) is 6.55. The highest BCUT2D eigenvalue weighted by atomic mass is 32.2. The number of nitrogens with one attached hydrogen (secondary N) is 2. The molecule has 1 aliphatic rings. The summed E-state index contributed by atoms with van der Waals surface area (Å²) in [6.07, 6.45) is 2.84. The van der Waals surface area contributed by atoms with Gasteiger partial charge in [0.15, 0.2) is 0 Å². The quantitative estimate of drug-likeness (QED) is 0.661. The van der Waals surface area contributed by atoms with Gasteiger partial charge < -0.3 is 10.2 Å². The molecule has 1 atom stereocenters. The second kappa shape index (κ2) is 7.43. The van der Waals surface area contributed by atoms with E-state index in [4.69, 9.17) is 0 Å². The van der Waals surface area contributed by atoms with Crippen LogP contribution in [0.4, 0.5) is 0 Å². The average Bonchev–Trinajstić information content (AvgIpc) is 2.32. The molecule has 0 radical (unpaired) electrons. The minimum Gasteiger partial charge on any atom is -0.315 e. The number of nitrogens with zero attached hydrogens (tertiary/aromatic N) is 1. The van der Waals surface area contributed by atoms with E-state index in [-0.39, 0.29) is 11.3 Å². The van der Waals surface area contributed by atoms with Crippen LogP contribution in [0.1, 0.15) is 33.1 Å². The van der Waals surface area contributed by atoms with Crippen molar-refractivity contribution in [1.29, 1.82) is 0 Å². The fourth-order valence-electron chi connectivity index (χ4n) is 2.07. The topological polar surface area (TPSA) is 61.4 Å². The minimum absolute atomic E-state index is 0.111. The lowest BCUT2D eigenvalue weighted by atomic mass is 10.1. The third-order valence-electron chi connectivity index (χ3n) is 3.44. The summed E-state index contributed by atoms with van der Waals surface area (Å²) < 4.78 is 27.1. The number of piperidine rings is 1. The predicted octanol–water partition coefficient (Wildman–Crippen LogP) is 0.388. The second-order valence-electron chi connectivity index (χ2n) is 5.26. The predicted molar refractivity (Wildman–Crippen MR) is 75.2 cm³/mol. The highest BCUT2D eigenvalue weighted by molar-refractivity contribution is 7.90. The zero-order valence-electron chi connectivity index (χ0n) is 11.8. The Morgan fingerprint density at radius 3 is 2.50 bits per heavy atom. The normalized spacial score (nSPS) is 21.1. The molecule has 5 nitrogen and oxygen atoms in total. The van der Waals surface area contributed by atoms with Crippen molar-refractivity contribution in [2.24, 2.45) is 0 Å². The molecule has 108 valence electrons. The molecule has 1 unspecified atom stereocenters. The maximum atomic E-state index is 12.1. The summed E-state index contributed by atoms with van der Waals surface area (Å²) in [7, 11) is -1.12. The first-order valence-corrected chi connectivity index (χ1v) is 8.40. The summed E-state index contributed by atoms with van der Waals surface area (Å²) in [5.74, 6) is 0. The number of hydrogen-bond donors (Lipinski definition) is 2. The van der Waals surface area contributed by atoms with Crippen LogP contribution in [0.5, 0.6) is 0 Å². The molecule has 0 spiro atoms. The largest absolute Gasteiger partial charge is 0.315 e. The van der Waals surface area contributed by atoms with Crippen molar-refractivity contribution in [3.05, 3.63) is 0 Å². The lowest BCUT2D eigenvalue weighted by molar-refractivity contribution is 0.248. The van der Waals surface area contributed by atoms with E-state index in [1.807, 2.05) is 0 Å². The van der Waals surface area contributed by atoms with Gasteiger partial charge in [0.2, 0.25) is 10.0 Å². The molecule has 0 amide bonds. The monoisotopic (exact) mass is 277 g/mol. The highest BCUT2D eigenvalue weighted by Crippen LogP contribution is 2.10. The minimum atomic E-state index is -3.19. The van der Waals surface area contributed by atoms with E-state index >= 15 is 0 Å². The smallest absolute Gasteiger partial charge is 0.215 e. The van der Waals surface area contributed by atoms with Crippen molar-refractivity contribution in [3.63, 3.8) is 0 Å². The molecule has 1 aliphatic heterocycles. The van der Waals surface area contributed by atoms with Gasteiger partial charge in [-0.2, -0.15) is 0 Å². The lowest BCUT2D eigenvalue weighted by Crippen LogP contribution is -2.47. The molecule has 0 aromatic carbocycles. The summed E-state index contributed by atoms with van der Waals surface area (Å²) >= 11 is 0. The van der Waals surface area contributed by atoms with E-state index in [0.29, 0.717) is 6.54 Å². The van der Waals surface area contributed by atoms with E-state index in [0.717, 1.165) is 38.9 Å². The van der Waals surface area contributed by atoms with Crippen LogP contribution in [0.15, 0.2) is 0 Å². The fraction of sp³-hybridized carbons (Fsp3) is 1.00. The van der Waals surface area contributed by atoms with E-state index in [9.17, 15) is 8.42 Å². The SMILES string of the molecule is CCCNCC(C)S(=O)(=O)NC1CCN(C)CC1. The van der Waals surface area contributed by atoms with E-state index in [2.05, 4.69) is 28.9 Å².